The summed E-state index contributed by atoms with van der Waals surface area (Å²) in [5.74, 6) is 0.0398. The van der Waals surface area contributed by atoms with Gasteiger partial charge >= 0.3 is 0 Å². The molecule has 0 saturated carbocycles. The fourth-order valence-electron chi connectivity index (χ4n) is 1.66. The molecule has 0 unspecified atom stereocenters. The van der Waals surface area contributed by atoms with Crippen molar-refractivity contribution in [2.24, 2.45) is 12.5 Å². The van der Waals surface area contributed by atoms with E-state index in [1.807, 2.05) is 21.0 Å². The van der Waals surface area contributed by atoms with Gasteiger partial charge < -0.3 is 4.90 Å². The molecular weight excluding hydrogens is 214 g/mol. The highest BCUT2D eigenvalue weighted by Gasteiger charge is 2.28. The third kappa shape index (κ3) is 2.68. The lowest BCUT2D eigenvalue weighted by molar-refractivity contribution is 0.0628. The van der Waals surface area contributed by atoms with Crippen molar-refractivity contribution in [1.82, 2.24) is 14.7 Å². The molecule has 1 aromatic heterocycles. The largest absolute Gasteiger partial charge is 0.338 e. The lowest BCUT2D eigenvalue weighted by Crippen LogP contribution is -2.43. The molecular formula is C13H23N3O. The Morgan fingerprint density at radius 3 is 2.35 bits per heavy atom. The normalized spacial score (nSPS) is 13.6. The monoisotopic (exact) mass is 237 g/mol. The van der Waals surface area contributed by atoms with Crippen LogP contribution in [0.4, 0.5) is 0 Å². The number of rotatable bonds is 2. The molecule has 1 rings (SSSR count). The molecule has 0 radical (unpaired) electrons. The van der Waals surface area contributed by atoms with Gasteiger partial charge in [0.2, 0.25) is 0 Å². The zero-order valence-corrected chi connectivity index (χ0v) is 11.9. The van der Waals surface area contributed by atoms with E-state index < -0.39 is 0 Å². The van der Waals surface area contributed by atoms with Crippen LogP contribution in [0.1, 0.15) is 43.7 Å². The molecule has 4 nitrogen and oxygen atoms in total. The van der Waals surface area contributed by atoms with E-state index in [9.17, 15) is 4.79 Å². The average molecular weight is 237 g/mol. The predicted molar refractivity (Wildman–Crippen MR) is 69.0 cm³/mol. The molecule has 17 heavy (non-hydrogen) atoms. The van der Waals surface area contributed by atoms with Crippen LogP contribution in [-0.4, -0.2) is 33.7 Å². The van der Waals surface area contributed by atoms with Crippen LogP contribution in [0.3, 0.4) is 0 Å². The lowest BCUT2D eigenvalue weighted by Gasteiger charge is -2.35. The molecule has 0 aliphatic rings. The number of hydrogen-bond acceptors (Lipinski definition) is 2. The smallest absolute Gasteiger partial charge is 0.257 e. The second kappa shape index (κ2) is 4.51. The number of carbonyl (C=O) groups excluding carboxylic acids is 1. The Morgan fingerprint density at radius 2 is 2.00 bits per heavy atom. The summed E-state index contributed by atoms with van der Waals surface area (Å²) >= 11 is 0. The molecule has 0 aliphatic carbocycles. The van der Waals surface area contributed by atoms with Gasteiger partial charge in [0.15, 0.2) is 0 Å². The van der Waals surface area contributed by atoms with Crippen molar-refractivity contribution < 1.29 is 4.79 Å². The summed E-state index contributed by atoms with van der Waals surface area (Å²) in [5.41, 5.74) is 1.66. The van der Waals surface area contributed by atoms with Crippen molar-refractivity contribution in [3.05, 3.63) is 17.5 Å². The minimum atomic E-state index is 0.0398. The van der Waals surface area contributed by atoms with Gasteiger partial charge in [-0.3, -0.25) is 9.48 Å². The minimum absolute atomic E-state index is 0.0398. The molecule has 1 atom stereocenters. The Labute approximate surface area is 104 Å². The predicted octanol–water partition coefficient (Wildman–Crippen LogP) is 2.24. The molecule has 4 heteroatoms. The van der Waals surface area contributed by atoms with Crippen molar-refractivity contribution in [1.29, 1.82) is 0 Å². The van der Waals surface area contributed by atoms with Crippen molar-refractivity contribution in [3.8, 4) is 0 Å². The third-order valence-corrected chi connectivity index (χ3v) is 3.62. The van der Waals surface area contributed by atoms with Gasteiger partial charge in [-0.15, -0.1) is 0 Å². The second-order valence-electron chi connectivity index (χ2n) is 5.73. The molecule has 0 saturated heterocycles. The van der Waals surface area contributed by atoms with E-state index in [1.165, 1.54) is 0 Å². The van der Waals surface area contributed by atoms with Crippen molar-refractivity contribution in [2.75, 3.05) is 7.05 Å². The van der Waals surface area contributed by atoms with Gasteiger partial charge in [-0.1, -0.05) is 20.8 Å². The number of carbonyl (C=O) groups is 1. The van der Waals surface area contributed by atoms with Crippen LogP contribution in [0.25, 0.3) is 0 Å². The van der Waals surface area contributed by atoms with E-state index in [0.717, 1.165) is 5.69 Å². The average Bonchev–Trinajstić information content (AvgIpc) is 2.55. The van der Waals surface area contributed by atoms with Crippen LogP contribution in [0.5, 0.6) is 0 Å². The fraction of sp³-hybridized carbons (Fsp3) is 0.692. The Morgan fingerprint density at radius 1 is 1.47 bits per heavy atom. The Balaban J connectivity index is 2.95. The molecule has 0 spiro atoms. The van der Waals surface area contributed by atoms with Crippen LogP contribution in [-0.2, 0) is 7.05 Å². The second-order valence-corrected chi connectivity index (χ2v) is 5.73. The van der Waals surface area contributed by atoms with E-state index in [-0.39, 0.29) is 17.4 Å². The molecule has 1 aromatic rings. The van der Waals surface area contributed by atoms with Crippen LogP contribution in [0.15, 0.2) is 6.20 Å². The van der Waals surface area contributed by atoms with E-state index in [2.05, 4.69) is 32.8 Å². The van der Waals surface area contributed by atoms with Gasteiger partial charge in [0.25, 0.3) is 5.91 Å². The summed E-state index contributed by atoms with van der Waals surface area (Å²) in [6.07, 6.45) is 1.64. The van der Waals surface area contributed by atoms with E-state index in [4.69, 9.17) is 0 Å². The summed E-state index contributed by atoms with van der Waals surface area (Å²) in [4.78, 5) is 14.1. The standard InChI is InChI=1S/C13H23N3O/c1-9-11(8-14-16(9)7)12(17)15(6)10(2)13(3,4)5/h8,10H,1-7H3/t10-/m0/s1. The van der Waals surface area contributed by atoms with E-state index >= 15 is 0 Å². The summed E-state index contributed by atoms with van der Waals surface area (Å²) in [6, 6.07) is 0.176. The van der Waals surface area contributed by atoms with Gasteiger partial charge in [-0.25, -0.2) is 0 Å². The van der Waals surface area contributed by atoms with Crippen LogP contribution >= 0.6 is 0 Å². The number of aryl methyl sites for hydroxylation is 1. The maximum absolute atomic E-state index is 12.3. The first-order valence-electron chi connectivity index (χ1n) is 5.92. The molecule has 96 valence electrons. The molecule has 1 heterocycles. The number of nitrogens with zero attached hydrogens (tertiary/aromatic N) is 3. The van der Waals surface area contributed by atoms with Gasteiger partial charge in [0, 0.05) is 25.8 Å². The van der Waals surface area contributed by atoms with Gasteiger partial charge in [0.1, 0.15) is 0 Å². The number of hydrogen-bond donors (Lipinski definition) is 0. The topological polar surface area (TPSA) is 38.1 Å². The van der Waals surface area contributed by atoms with Crippen molar-refractivity contribution in [3.63, 3.8) is 0 Å². The van der Waals surface area contributed by atoms with E-state index in [0.29, 0.717) is 5.56 Å². The van der Waals surface area contributed by atoms with Gasteiger partial charge in [-0.05, 0) is 19.3 Å². The summed E-state index contributed by atoms with van der Waals surface area (Å²) in [6.45, 7) is 10.4. The fourth-order valence-corrected chi connectivity index (χ4v) is 1.66. The first-order valence-corrected chi connectivity index (χ1v) is 5.92. The van der Waals surface area contributed by atoms with Crippen molar-refractivity contribution >= 4 is 5.91 Å². The summed E-state index contributed by atoms with van der Waals surface area (Å²) in [7, 11) is 3.70. The van der Waals surface area contributed by atoms with E-state index in [1.54, 1.807) is 15.8 Å². The summed E-state index contributed by atoms with van der Waals surface area (Å²) in [5, 5.41) is 4.11. The number of amides is 1. The maximum Gasteiger partial charge on any atom is 0.257 e. The lowest BCUT2D eigenvalue weighted by atomic mass is 9.87. The van der Waals surface area contributed by atoms with Gasteiger partial charge in [-0.2, -0.15) is 5.10 Å². The highest BCUT2D eigenvalue weighted by molar-refractivity contribution is 5.95. The Hall–Kier alpha value is -1.32. The first kappa shape index (κ1) is 13.7. The molecule has 0 N–H and O–H groups in total. The number of aromatic nitrogens is 2. The van der Waals surface area contributed by atoms with Crippen LogP contribution < -0.4 is 0 Å². The maximum atomic E-state index is 12.3. The Bertz CT molecular complexity index is 415. The molecule has 0 bridgehead atoms. The molecule has 1 amide bonds. The van der Waals surface area contributed by atoms with Gasteiger partial charge in [0.05, 0.1) is 11.8 Å². The third-order valence-electron chi connectivity index (χ3n) is 3.62. The summed E-state index contributed by atoms with van der Waals surface area (Å²) < 4.78 is 1.73. The minimum Gasteiger partial charge on any atom is -0.338 e. The highest BCUT2D eigenvalue weighted by atomic mass is 16.2. The molecule has 0 aliphatic heterocycles. The first-order chi connectivity index (χ1) is 7.66. The van der Waals surface area contributed by atoms with Crippen molar-refractivity contribution in [2.45, 2.75) is 40.7 Å². The zero-order chi connectivity index (χ0) is 13.4. The SMILES string of the molecule is Cc1c(C(=O)N(C)[C@@H](C)C(C)(C)C)cnn1C. The van der Waals surface area contributed by atoms with Crippen LogP contribution in [0.2, 0.25) is 0 Å². The molecule has 0 aromatic carbocycles. The highest BCUT2D eigenvalue weighted by Crippen LogP contribution is 2.24. The molecule has 0 fully saturated rings. The van der Waals surface area contributed by atoms with Crippen LogP contribution in [0, 0.1) is 12.3 Å². The quantitative estimate of drug-likeness (QED) is 0.791. The zero-order valence-electron chi connectivity index (χ0n) is 11.9. The Kier molecular flexibility index (Phi) is 3.65.